The molecule has 1 amide bonds. The molecule has 0 aliphatic heterocycles. The minimum Gasteiger partial charge on any atom is -0.493 e. The van der Waals surface area contributed by atoms with Gasteiger partial charge in [0.25, 0.3) is 0 Å². The number of nitrogens with one attached hydrogen (secondary N) is 1. The average Bonchev–Trinajstić information content (AvgIpc) is 3.37. The minimum absolute atomic E-state index is 0.0745. The standard InChI is InChI=1S/C23H24N4O4/c1-15-25-26-23(31-15)18-13-27(19-7-5-4-6-17(18)19)14-22(28)24-11-10-16-8-9-20(29-2)21(12-16)30-3/h4-9,12-13H,10-11,14H2,1-3H3,(H,24,28). The van der Waals surface area contributed by atoms with E-state index >= 15 is 0 Å². The quantitative estimate of drug-likeness (QED) is 0.470. The van der Waals surface area contributed by atoms with Crippen molar-refractivity contribution in [3.05, 3.63) is 60.1 Å². The Morgan fingerprint density at radius 2 is 1.90 bits per heavy atom. The maximum Gasteiger partial charge on any atom is 0.249 e. The van der Waals surface area contributed by atoms with Crippen molar-refractivity contribution < 1.29 is 18.7 Å². The molecule has 0 aliphatic carbocycles. The molecule has 8 nitrogen and oxygen atoms in total. The monoisotopic (exact) mass is 420 g/mol. The van der Waals surface area contributed by atoms with Crippen LogP contribution < -0.4 is 14.8 Å². The van der Waals surface area contributed by atoms with Crippen molar-refractivity contribution in [2.24, 2.45) is 0 Å². The zero-order chi connectivity index (χ0) is 21.8. The van der Waals surface area contributed by atoms with Gasteiger partial charge < -0.3 is 23.8 Å². The van der Waals surface area contributed by atoms with Gasteiger partial charge in [-0.25, -0.2) is 0 Å². The molecule has 0 saturated carbocycles. The van der Waals surface area contributed by atoms with E-state index in [1.807, 2.05) is 53.2 Å². The third kappa shape index (κ3) is 4.37. The first-order valence-corrected chi connectivity index (χ1v) is 9.95. The molecule has 2 aromatic carbocycles. The maximum atomic E-state index is 12.6. The Morgan fingerprint density at radius 3 is 2.65 bits per heavy atom. The number of fused-ring (bicyclic) bond motifs is 1. The summed E-state index contributed by atoms with van der Waals surface area (Å²) < 4.78 is 18.1. The second-order valence-electron chi connectivity index (χ2n) is 7.10. The summed E-state index contributed by atoms with van der Waals surface area (Å²) in [5.41, 5.74) is 2.80. The number of nitrogens with zero attached hydrogens (tertiary/aromatic N) is 3. The Balaban J connectivity index is 1.43. The van der Waals surface area contributed by atoms with Gasteiger partial charge in [0.2, 0.25) is 17.7 Å². The smallest absolute Gasteiger partial charge is 0.249 e. The Labute approximate surface area is 179 Å². The molecule has 4 aromatic rings. The highest BCUT2D eigenvalue weighted by molar-refractivity contribution is 5.94. The highest BCUT2D eigenvalue weighted by atomic mass is 16.5. The van der Waals surface area contributed by atoms with E-state index in [2.05, 4.69) is 15.5 Å². The lowest BCUT2D eigenvalue weighted by atomic mass is 10.1. The lowest BCUT2D eigenvalue weighted by Gasteiger charge is -2.10. The van der Waals surface area contributed by atoms with E-state index in [4.69, 9.17) is 13.9 Å². The number of carbonyl (C=O) groups excluding carboxylic acids is 1. The number of methoxy groups -OCH3 is 2. The molecule has 0 aliphatic rings. The molecule has 0 unspecified atom stereocenters. The van der Waals surface area contributed by atoms with E-state index in [1.165, 1.54) is 0 Å². The number of rotatable bonds is 8. The number of aromatic nitrogens is 3. The first-order valence-electron chi connectivity index (χ1n) is 9.95. The minimum atomic E-state index is -0.0745. The van der Waals surface area contributed by atoms with E-state index < -0.39 is 0 Å². The second-order valence-corrected chi connectivity index (χ2v) is 7.10. The van der Waals surface area contributed by atoms with E-state index in [0.29, 0.717) is 36.2 Å². The largest absolute Gasteiger partial charge is 0.493 e. The van der Waals surface area contributed by atoms with Gasteiger partial charge in [-0.05, 0) is 30.2 Å². The van der Waals surface area contributed by atoms with Crippen LogP contribution in [0.4, 0.5) is 0 Å². The fraction of sp³-hybridized carbons (Fsp3) is 0.261. The molecular weight excluding hydrogens is 396 g/mol. The van der Waals surface area contributed by atoms with Gasteiger partial charge in [0.05, 0.1) is 19.8 Å². The highest BCUT2D eigenvalue weighted by Gasteiger charge is 2.16. The van der Waals surface area contributed by atoms with Gasteiger partial charge in [-0.3, -0.25) is 4.79 Å². The van der Waals surface area contributed by atoms with E-state index in [1.54, 1.807) is 21.1 Å². The van der Waals surface area contributed by atoms with Gasteiger partial charge in [0.15, 0.2) is 11.5 Å². The summed E-state index contributed by atoms with van der Waals surface area (Å²) in [5.74, 6) is 2.23. The van der Waals surface area contributed by atoms with Crippen LogP contribution in [0.15, 0.2) is 53.1 Å². The van der Waals surface area contributed by atoms with E-state index in [-0.39, 0.29) is 12.5 Å². The normalized spacial score (nSPS) is 10.9. The number of carbonyl (C=O) groups is 1. The Hall–Kier alpha value is -3.81. The molecule has 0 atom stereocenters. The predicted molar refractivity (Wildman–Crippen MR) is 116 cm³/mol. The summed E-state index contributed by atoms with van der Waals surface area (Å²) in [6.45, 7) is 2.46. The van der Waals surface area contributed by atoms with Crippen LogP contribution in [0.1, 0.15) is 11.5 Å². The predicted octanol–water partition coefficient (Wildman–Crippen LogP) is 3.38. The summed E-state index contributed by atoms with van der Waals surface area (Å²) in [7, 11) is 3.21. The van der Waals surface area contributed by atoms with Crippen molar-refractivity contribution >= 4 is 16.8 Å². The molecule has 8 heteroatoms. The molecule has 0 fully saturated rings. The van der Waals surface area contributed by atoms with Crippen LogP contribution in [0.25, 0.3) is 22.4 Å². The lowest BCUT2D eigenvalue weighted by molar-refractivity contribution is -0.121. The first kappa shape index (κ1) is 20.5. The maximum absolute atomic E-state index is 12.6. The van der Waals surface area contributed by atoms with Crippen molar-refractivity contribution in [2.75, 3.05) is 20.8 Å². The molecule has 0 radical (unpaired) electrons. The molecule has 31 heavy (non-hydrogen) atoms. The summed E-state index contributed by atoms with van der Waals surface area (Å²) in [6.07, 6.45) is 2.57. The summed E-state index contributed by atoms with van der Waals surface area (Å²) in [5, 5.41) is 12.0. The SMILES string of the molecule is COc1ccc(CCNC(=O)Cn2cc(-c3nnc(C)o3)c3ccccc32)cc1OC. The van der Waals surface area contributed by atoms with Crippen LogP contribution in [-0.4, -0.2) is 41.4 Å². The summed E-state index contributed by atoms with van der Waals surface area (Å²) in [6, 6.07) is 13.6. The number of benzene rings is 2. The number of para-hydroxylation sites is 1. The number of amides is 1. The van der Waals surface area contributed by atoms with Crippen LogP contribution in [-0.2, 0) is 17.8 Å². The topological polar surface area (TPSA) is 91.4 Å². The Bertz CT molecular complexity index is 1210. The molecular formula is C23H24N4O4. The van der Waals surface area contributed by atoms with E-state index in [9.17, 15) is 4.79 Å². The number of aryl methyl sites for hydroxylation is 1. The zero-order valence-electron chi connectivity index (χ0n) is 17.7. The number of ether oxygens (including phenoxy) is 2. The van der Waals surface area contributed by atoms with Crippen LogP contribution in [0, 0.1) is 6.92 Å². The summed E-state index contributed by atoms with van der Waals surface area (Å²) >= 11 is 0. The summed E-state index contributed by atoms with van der Waals surface area (Å²) in [4.78, 5) is 12.6. The van der Waals surface area contributed by atoms with Crippen molar-refractivity contribution in [2.45, 2.75) is 19.9 Å². The molecule has 2 heterocycles. The van der Waals surface area contributed by atoms with Crippen LogP contribution in [0.5, 0.6) is 11.5 Å². The lowest BCUT2D eigenvalue weighted by Crippen LogP contribution is -2.29. The molecule has 0 bridgehead atoms. The van der Waals surface area contributed by atoms with Gasteiger partial charge in [0.1, 0.15) is 6.54 Å². The van der Waals surface area contributed by atoms with E-state index in [0.717, 1.165) is 22.0 Å². The van der Waals surface area contributed by atoms with Crippen molar-refractivity contribution in [3.63, 3.8) is 0 Å². The van der Waals surface area contributed by atoms with Crippen LogP contribution >= 0.6 is 0 Å². The van der Waals surface area contributed by atoms with Gasteiger partial charge >= 0.3 is 0 Å². The number of hydrogen-bond acceptors (Lipinski definition) is 6. The van der Waals surface area contributed by atoms with Gasteiger partial charge in [-0.15, -0.1) is 10.2 Å². The number of hydrogen-bond donors (Lipinski definition) is 1. The zero-order valence-corrected chi connectivity index (χ0v) is 17.7. The molecule has 4 rings (SSSR count). The molecule has 0 spiro atoms. The molecule has 160 valence electrons. The van der Waals surface area contributed by atoms with Gasteiger partial charge in [-0.2, -0.15) is 0 Å². The third-order valence-electron chi connectivity index (χ3n) is 5.04. The van der Waals surface area contributed by atoms with Crippen molar-refractivity contribution in [1.82, 2.24) is 20.1 Å². The molecule has 0 saturated heterocycles. The van der Waals surface area contributed by atoms with Crippen LogP contribution in [0.2, 0.25) is 0 Å². The Morgan fingerprint density at radius 1 is 1.10 bits per heavy atom. The van der Waals surface area contributed by atoms with Crippen molar-refractivity contribution in [1.29, 1.82) is 0 Å². The van der Waals surface area contributed by atoms with Crippen LogP contribution in [0.3, 0.4) is 0 Å². The fourth-order valence-electron chi connectivity index (χ4n) is 3.55. The van der Waals surface area contributed by atoms with Gasteiger partial charge in [0, 0.05) is 30.6 Å². The average molecular weight is 420 g/mol. The molecule has 1 N–H and O–H groups in total. The third-order valence-corrected chi connectivity index (χ3v) is 5.04. The second kappa shape index (κ2) is 8.91. The fourth-order valence-corrected chi connectivity index (χ4v) is 3.55. The molecule has 2 aromatic heterocycles. The Kier molecular flexibility index (Phi) is 5.88. The van der Waals surface area contributed by atoms with Crippen molar-refractivity contribution in [3.8, 4) is 23.0 Å². The first-order chi connectivity index (χ1) is 15.1. The highest BCUT2D eigenvalue weighted by Crippen LogP contribution is 2.30. The van der Waals surface area contributed by atoms with Gasteiger partial charge in [-0.1, -0.05) is 24.3 Å².